The zero-order valence-electron chi connectivity index (χ0n) is 23.6. The van der Waals surface area contributed by atoms with Crippen LogP contribution in [0, 0.1) is 18.3 Å². The summed E-state index contributed by atoms with van der Waals surface area (Å²) in [6.07, 6.45) is 2.42. The minimum absolute atomic E-state index is 0.0000231. The van der Waals surface area contributed by atoms with Gasteiger partial charge in [0.2, 0.25) is 0 Å². The van der Waals surface area contributed by atoms with Crippen molar-refractivity contribution in [1.82, 2.24) is 9.78 Å². The van der Waals surface area contributed by atoms with E-state index in [-0.39, 0.29) is 40.0 Å². The van der Waals surface area contributed by atoms with E-state index in [9.17, 15) is 35.1 Å². The number of halogens is 2. The Morgan fingerprint density at radius 1 is 0.889 bits per heavy atom. The minimum atomic E-state index is -4.61. The average Bonchev–Trinajstić information content (AvgIpc) is 3.31. The van der Waals surface area contributed by atoms with Crippen molar-refractivity contribution in [3.63, 3.8) is 0 Å². The summed E-state index contributed by atoms with van der Waals surface area (Å²) in [6, 6.07) is 9.01. The Morgan fingerprint density at radius 2 is 1.44 bits per heavy atom. The lowest BCUT2D eigenvalue weighted by atomic mass is 10.1. The van der Waals surface area contributed by atoms with Crippen LogP contribution in [0.25, 0.3) is 5.69 Å². The highest BCUT2D eigenvalue weighted by molar-refractivity contribution is 7.86. The first-order valence-corrected chi connectivity index (χ1v) is 18.4. The number of aryl methyl sites for hydroxylation is 1. The molecule has 0 fully saturated rings. The molecule has 3 N–H and O–H groups in total. The van der Waals surface area contributed by atoms with Crippen molar-refractivity contribution in [2.75, 3.05) is 29.5 Å². The highest BCUT2D eigenvalue weighted by atomic mass is 35.5. The van der Waals surface area contributed by atoms with Crippen LogP contribution in [0.3, 0.4) is 0 Å². The van der Waals surface area contributed by atoms with E-state index < -0.39 is 46.8 Å². The number of benzene rings is 2. The molecule has 45 heavy (non-hydrogen) atoms. The van der Waals surface area contributed by atoms with Crippen LogP contribution in [0.15, 0.2) is 51.7 Å². The van der Waals surface area contributed by atoms with Crippen molar-refractivity contribution in [2.24, 2.45) is 10.2 Å². The summed E-state index contributed by atoms with van der Waals surface area (Å²) in [5, 5.41) is 21.7. The maximum atomic E-state index is 11.5. The van der Waals surface area contributed by atoms with E-state index in [0.717, 1.165) is 16.8 Å². The first-order chi connectivity index (χ1) is 20.9. The predicted molar refractivity (Wildman–Crippen MR) is 167 cm³/mol. The second-order valence-electron chi connectivity index (χ2n) is 9.76. The molecule has 0 aliphatic rings. The summed E-state index contributed by atoms with van der Waals surface area (Å²) in [5.41, 5.74) is 1.75. The van der Waals surface area contributed by atoms with Gasteiger partial charge in [-0.3, -0.25) is 13.7 Å². The zero-order valence-corrected chi connectivity index (χ0v) is 27.5. The molecule has 0 radical (unpaired) electrons. The van der Waals surface area contributed by atoms with Gasteiger partial charge in [-0.15, -0.1) is 10.2 Å². The summed E-state index contributed by atoms with van der Waals surface area (Å²) in [4.78, 5) is 1.36. The summed E-state index contributed by atoms with van der Waals surface area (Å²) < 4.78 is 95.9. The molecule has 3 aromatic rings. The largest absolute Gasteiger partial charge is 0.372 e. The van der Waals surface area contributed by atoms with Crippen molar-refractivity contribution in [1.29, 1.82) is 5.26 Å². The van der Waals surface area contributed by atoms with Gasteiger partial charge >= 0.3 is 0 Å². The SMILES string of the molecule is Cc1cc(N(CCCCS(=O)(=O)O)CCCCS(=O)(=O)O)ccc1N=Nc1c(C#N)cnn1-c1c(Cl)cc(S(=O)(=O)O)cc1Cl. The fourth-order valence-electron chi connectivity index (χ4n) is 4.17. The summed E-state index contributed by atoms with van der Waals surface area (Å²) in [7, 11) is -12.8. The predicted octanol–water partition coefficient (Wildman–Crippen LogP) is 5.16. The van der Waals surface area contributed by atoms with Crippen LogP contribution in [0.1, 0.15) is 36.8 Å². The fourth-order valence-corrected chi connectivity index (χ4v) is 6.62. The van der Waals surface area contributed by atoms with Crippen molar-refractivity contribution >= 4 is 70.7 Å². The molecule has 0 aliphatic heterocycles. The lowest BCUT2D eigenvalue weighted by molar-refractivity contribution is 0.478. The summed E-state index contributed by atoms with van der Waals surface area (Å²) in [6.45, 7) is 2.53. The Labute approximate surface area is 270 Å². The molecule has 15 nitrogen and oxygen atoms in total. The maximum absolute atomic E-state index is 11.5. The molecule has 0 aliphatic carbocycles. The highest BCUT2D eigenvalue weighted by Gasteiger charge is 2.21. The molecule has 0 bridgehead atoms. The number of nitrogens with zero attached hydrogens (tertiary/aromatic N) is 6. The fraction of sp³-hybridized carbons (Fsp3) is 0.360. The van der Waals surface area contributed by atoms with Gasteiger partial charge in [0, 0.05) is 18.8 Å². The van der Waals surface area contributed by atoms with Crippen LogP contribution < -0.4 is 4.90 Å². The summed E-state index contributed by atoms with van der Waals surface area (Å²) in [5.74, 6) is -0.863. The zero-order chi connectivity index (χ0) is 33.6. The lowest BCUT2D eigenvalue weighted by Crippen LogP contribution is -2.26. The van der Waals surface area contributed by atoms with Gasteiger partial charge in [0.05, 0.1) is 38.3 Å². The van der Waals surface area contributed by atoms with Crippen LogP contribution in [0.5, 0.6) is 0 Å². The van der Waals surface area contributed by atoms with E-state index in [4.69, 9.17) is 32.3 Å². The van der Waals surface area contributed by atoms with Gasteiger partial charge in [0.15, 0.2) is 5.82 Å². The molecule has 3 rings (SSSR count). The number of aromatic nitrogens is 2. The number of azo groups is 1. The minimum Gasteiger partial charge on any atom is -0.372 e. The van der Waals surface area contributed by atoms with Crippen LogP contribution in [-0.4, -0.2) is 73.3 Å². The Bertz CT molecular complexity index is 1900. The van der Waals surface area contributed by atoms with E-state index in [2.05, 4.69) is 15.3 Å². The van der Waals surface area contributed by atoms with Crippen LogP contribution in [0.4, 0.5) is 17.2 Å². The molecule has 0 unspecified atom stereocenters. The third kappa shape index (κ3) is 10.7. The average molecular weight is 724 g/mol. The first-order valence-electron chi connectivity index (χ1n) is 13.0. The molecule has 1 heterocycles. The topological polar surface area (TPSA) is 233 Å². The highest BCUT2D eigenvalue weighted by Crippen LogP contribution is 2.36. The lowest BCUT2D eigenvalue weighted by Gasteiger charge is -2.25. The Hall–Kier alpha value is -3.15. The second kappa shape index (κ2) is 15.0. The smallest absolute Gasteiger partial charge is 0.294 e. The molecule has 0 amide bonds. The maximum Gasteiger partial charge on any atom is 0.294 e. The Kier molecular flexibility index (Phi) is 12.1. The molecule has 244 valence electrons. The molecule has 1 aromatic heterocycles. The van der Waals surface area contributed by atoms with Crippen LogP contribution in [0.2, 0.25) is 10.0 Å². The van der Waals surface area contributed by atoms with Gasteiger partial charge in [-0.2, -0.15) is 35.6 Å². The van der Waals surface area contributed by atoms with E-state index in [0.29, 0.717) is 42.9 Å². The van der Waals surface area contributed by atoms with Crippen molar-refractivity contribution in [2.45, 2.75) is 37.5 Å². The number of hydrogen-bond donors (Lipinski definition) is 3. The molecule has 0 spiro atoms. The third-order valence-electron chi connectivity index (χ3n) is 6.32. The number of hydrogen-bond acceptors (Lipinski definition) is 11. The quantitative estimate of drug-likeness (QED) is 0.105. The monoisotopic (exact) mass is 722 g/mol. The normalized spacial score (nSPS) is 12.5. The first kappa shape index (κ1) is 36.3. The van der Waals surface area contributed by atoms with E-state index in [1.54, 1.807) is 25.1 Å². The van der Waals surface area contributed by atoms with E-state index in [1.165, 1.54) is 6.20 Å². The summed E-state index contributed by atoms with van der Waals surface area (Å²) >= 11 is 12.5. The van der Waals surface area contributed by atoms with Gasteiger partial charge in [0.1, 0.15) is 17.3 Å². The van der Waals surface area contributed by atoms with E-state index >= 15 is 0 Å². The standard InChI is InChI=1S/C25H28Cl2N6O9S3/c1-17-12-19(32(8-2-4-10-43(34,35)36)9-3-5-11-44(37,38)39)6-7-23(17)30-31-25-18(15-28)16-29-33(25)24-21(26)13-20(14-22(24)27)45(40,41)42/h6-7,12-14,16H,2-5,8-11H2,1H3,(H,34,35,36)(H,37,38,39)(H,40,41,42). The van der Waals surface area contributed by atoms with Crippen LogP contribution >= 0.6 is 23.2 Å². The Morgan fingerprint density at radius 3 is 1.91 bits per heavy atom. The molecule has 0 saturated heterocycles. The molecular formula is C25H28Cl2N6O9S3. The molecule has 20 heteroatoms. The molecule has 2 aromatic carbocycles. The van der Waals surface area contributed by atoms with E-state index in [1.807, 2.05) is 11.0 Å². The molecule has 0 atom stereocenters. The Balaban J connectivity index is 1.90. The number of rotatable bonds is 15. The van der Waals surface area contributed by atoms with Gasteiger partial charge < -0.3 is 4.90 Å². The second-order valence-corrected chi connectivity index (χ2v) is 15.1. The molecule has 0 saturated carbocycles. The molecular weight excluding hydrogens is 695 g/mol. The number of unbranched alkanes of at least 4 members (excludes halogenated alkanes) is 2. The van der Waals surface area contributed by atoms with Crippen molar-refractivity contribution < 1.29 is 38.9 Å². The number of anilines is 1. The van der Waals surface area contributed by atoms with Crippen molar-refractivity contribution in [3.05, 3.63) is 57.7 Å². The van der Waals surface area contributed by atoms with Crippen LogP contribution in [-0.2, 0) is 30.4 Å². The third-order valence-corrected chi connectivity index (χ3v) is 9.34. The van der Waals surface area contributed by atoms with Gasteiger partial charge in [0.25, 0.3) is 30.4 Å². The number of nitriles is 1. The van der Waals surface area contributed by atoms with Gasteiger partial charge in [-0.1, -0.05) is 23.2 Å². The van der Waals surface area contributed by atoms with Gasteiger partial charge in [-0.25, -0.2) is 4.68 Å². The van der Waals surface area contributed by atoms with Crippen molar-refractivity contribution in [3.8, 4) is 11.8 Å². The van der Waals surface area contributed by atoms with Gasteiger partial charge in [-0.05, 0) is 68.5 Å².